The van der Waals surface area contributed by atoms with Crippen LogP contribution in [0.1, 0.15) is 32.5 Å². The fraction of sp³-hybridized carbons (Fsp3) is 0.818. The molecule has 5 nitrogen and oxygen atoms in total. The molecule has 1 aromatic rings. The molecule has 1 saturated heterocycles. The highest BCUT2D eigenvalue weighted by Gasteiger charge is 2.24. The van der Waals surface area contributed by atoms with Crippen LogP contribution in [0, 0.1) is 0 Å². The Morgan fingerprint density at radius 3 is 2.69 bits per heavy atom. The van der Waals surface area contributed by atoms with Gasteiger partial charge in [-0.1, -0.05) is 0 Å². The maximum Gasteiger partial charge on any atom is 0.146 e. The summed E-state index contributed by atoms with van der Waals surface area (Å²) >= 11 is 0. The summed E-state index contributed by atoms with van der Waals surface area (Å²) in [5, 5.41) is 11.4. The Morgan fingerprint density at radius 2 is 2.12 bits per heavy atom. The SMILES string of the molecule is CC1CC(NCc2nncn2C)CC(C)O1. The van der Waals surface area contributed by atoms with Gasteiger partial charge >= 0.3 is 0 Å². The Balaban J connectivity index is 1.84. The van der Waals surface area contributed by atoms with Crippen molar-refractivity contribution in [3.63, 3.8) is 0 Å². The molecule has 0 bridgehead atoms. The van der Waals surface area contributed by atoms with Crippen molar-refractivity contribution in [2.24, 2.45) is 7.05 Å². The molecule has 0 aliphatic carbocycles. The molecule has 90 valence electrons. The Bertz CT molecular complexity index is 328. The lowest BCUT2D eigenvalue weighted by Gasteiger charge is -2.32. The minimum Gasteiger partial charge on any atom is -0.375 e. The number of hydrogen-bond donors (Lipinski definition) is 1. The van der Waals surface area contributed by atoms with Crippen molar-refractivity contribution in [2.45, 2.75) is 51.5 Å². The molecule has 1 fully saturated rings. The predicted molar refractivity (Wildman–Crippen MR) is 60.9 cm³/mol. The Hall–Kier alpha value is -0.940. The molecule has 0 spiro atoms. The summed E-state index contributed by atoms with van der Waals surface area (Å²) in [6.07, 6.45) is 4.57. The predicted octanol–water partition coefficient (Wildman–Crippen LogP) is 0.861. The number of hydrogen-bond acceptors (Lipinski definition) is 4. The Morgan fingerprint density at radius 1 is 1.44 bits per heavy atom. The van der Waals surface area contributed by atoms with E-state index >= 15 is 0 Å². The molecule has 1 aromatic heterocycles. The number of ether oxygens (including phenoxy) is 1. The van der Waals surface area contributed by atoms with Crippen molar-refractivity contribution in [3.05, 3.63) is 12.2 Å². The van der Waals surface area contributed by atoms with Gasteiger partial charge in [-0.25, -0.2) is 0 Å². The first-order chi connectivity index (χ1) is 7.65. The second-order valence-corrected chi connectivity index (χ2v) is 4.66. The van der Waals surface area contributed by atoms with Crippen LogP contribution in [0.5, 0.6) is 0 Å². The van der Waals surface area contributed by atoms with E-state index in [1.807, 2.05) is 11.6 Å². The molecule has 0 saturated carbocycles. The lowest BCUT2D eigenvalue weighted by atomic mass is 10.00. The minimum atomic E-state index is 0.348. The zero-order chi connectivity index (χ0) is 11.5. The van der Waals surface area contributed by atoms with E-state index in [1.165, 1.54) is 0 Å². The van der Waals surface area contributed by atoms with Crippen molar-refractivity contribution in [1.82, 2.24) is 20.1 Å². The molecule has 5 heteroatoms. The van der Waals surface area contributed by atoms with E-state index < -0.39 is 0 Å². The van der Waals surface area contributed by atoms with Crippen molar-refractivity contribution >= 4 is 0 Å². The highest BCUT2D eigenvalue weighted by molar-refractivity contribution is 4.86. The van der Waals surface area contributed by atoms with Crippen LogP contribution in [0.2, 0.25) is 0 Å². The molecule has 2 atom stereocenters. The van der Waals surface area contributed by atoms with E-state index in [4.69, 9.17) is 4.74 Å². The van der Waals surface area contributed by atoms with Crippen LogP contribution in [0.3, 0.4) is 0 Å². The molecular weight excluding hydrogens is 204 g/mol. The maximum absolute atomic E-state index is 5.70. The zero-order valence-electron chi connectivity index (χ0n) is 10.2. The molecule has 2 unspecified atom stereocenters. The van der Waals surface area contributed by atoms with Gasteiger partial charge in [-0.2, -0.15) is 0 Å². The summed E-state index contributed by atoms with van der Waals surface area (Å²) in [7, 11) is 1.96. The molecule has 2 rings (SSSR count). The van der Waals surface area contributed by atoms with E-state index in [1.54, 1.807) is 6.33 Å². The highest BCUT2D eigenvalue weighted by Crippen LogP contribution is 2.19. The average Bonchev–Trinajstić information content (AvgIpc) is 2.59. The second-order valence-electron chi connectivity index (χ2n) is 4.66. The van der Waals surface area contributed by atoms with Gasteiger partial charge in [-0.3, -0.25) is 0 Å². The molecule has 0 amide bonds. The monoisotopic (exact) mass is 224 g/mol. The summed E-state index contributed by atoms with van der Waals surface area (Å²) in [6, 6.07) is 0.524. The first-order valence-electron chi connectivity index (χ1n) is 5.87. The van der Waals surface area contributed by atoms with E-state index in [-0.39, 0.29) is 0 Å². The van der Waals surface area contributed by atoms with Crippen molar-refractivity contribution < 1.29 is 4.74 Å². The first kappa shape index (κ1) is 11.5. The first-order valence-corrected chi connectivity index (χ1v) is 5.87. The standard InChI is InChI=1S/C11H20N4O/c1-8-4-10(5-9(2)16-8)12-6-11-14-13-7-15(11)3/h7-10,12H,4-6H2,1-3H3. The third-order valence-electron chi connectivity index (χ3n) is 3.05. The quantitative estimate of drug-likeness (QED) is 0.827. The van der Waals surface area contributed by atoms with Gasteiger partial charge in [-0.15, -0.1) is 10.2 Å². The number of aromatic nitrogens is 3. The zero-order valence-corrected chi connectivity index (χ0v) is 10.2. The van der Waals surface area contributed by atoms with Gasteiger partial charge in [0.15, 0.2) is 0 Å². The van der Waals surface area contributed by atoms with E-state index in [9.17, 15) is 0 Å². The average molecular weight is 224 g/mol. The van der Waals surface area contributed by atoms with Crippen LogP contribution in [-0.4, -0.2) is 33.0 Å². The van der Waals surface area contributed by atoms with Crippen LogP contribution in [0.15, 0.2) is 6.33 Å². The molecule has 1 aliphatic rings. The molecule has 0 radical (unpaired) electrons. The normalized spacial score (nSPS) is 30.6. The number of aryl methyl sites for hydroxylation is 1. The smallest absolute Gasteiger partial charge is 0.146 e. The van der Waals surface area contributed by atoms with Crippen molar-refractivity contribution in [2.75, 3.05) is 0 Å². The lowest BCUT2D eigenvalue weighted by Crippen LogP contribution is -2.41. The fourth-order valence-electron chi connectivity index (χ4n) is 2.27. The van der Waals surface area contributed by atoms with Gasteiger partial charge in [0, 0.05) is 13.1 Å². The van der Waals surface area contributed by atoms with E-state index in [0.717, 1.165) is 25.2 Å². The number of nitrogens with one attached hydrogen (secondary N) is 1. The van der Waals surface area contributed by atoms with Gasteiger partial charge < -0.3 is 14.6 Å². The molecule has 0 aromatic carbocycles. The molecule has 1 aliphatic heterocycles. The van der Waals surface area contributed by atoms with Gasteiger partial charge in [-0.05, 0) is 26.7 Å². The topological polar surface area (TPSA) is 52.0 Å². The summed E-state index contributed by atoms with van der Waals surface area (Å²) in [4.78, 5) is 0. The minimum absolute atomic E-state index is 0.348. The highest BCUT2D eigenvalue weighted by atomic mass is 16.5. The van der Waals surface area contributed by atoms with Gasteiger partial charge in [0.2, 0.25) is 0 Å². The lowest BCUT2D eigenvalue weighted by molar-refractivity contribution is -0.0424. The summed E-state index contributed by atoms with van der Waals surface area (Å²) in [5.41, 5.74) is 0. The Kier molecular flexibility index (Phi) is 3.56. The van der Waals surface area contributed by atoms with E-state index in [0.29, 0.717) is 18.2 Å². The molecular formula is C11H20N4O. The van der Waals surface area contributed by atoms with Crippen LogP contribution >= 0.6 is 0 Å². The van der Waals surface area contributed by atoms with Gasteiger partial charge in [0.1, 0.15) is 12.2 Å². The largest absolute Gasteiger partial charge is 0.375 e. The van der Waals surface area contributed by atoms with Crippen LogP contribution in [0.25, 0.3) is 0 Å². The maximum atomic E-state index is 5.70. The number of nitrogens with zero attached hydrogens (tertiary/aromatic N) is 3. The summed E-state index contributed by atoms with van der Waals surface area (Å²) in [5.74, 6) is 0.979. The van der Waals surface area contributed by atoms with Crippen LogP contribution in [-0.2, 0) is 18.3 Å². The Labute approximate surface area is 96.2 Å². The summed E-state index contributed by atoms with van der Waals surface area (Å²) in [6.45, 7) is 5.04. The number of rotatable bonds is 3. The third kappa shape index (κ3) is 2.80. The molecule has 1 N–H and O–H groups in total. The summed E-state index contributed by atoms with van der Waals surface area (Å²) < 4.78 is 7.65. The fourth-order valence-corrected chi connectivity index (χ4v) is 2.27. The van der Waals surface area contributed by atoms with Gasteiger partial charge in [0.05, 0.1) is 18.8 Å². The van der Waals surface area contributed by atoms with Crippen LogP contribution in [0.4, 0.5) is 0 Å². The molecule has 16 heavy (non-hydrogen) atoms. The van der Waals surface area contributed by atoms with Crippen LogP contribution < -0.4 is 5.32 Å². The second kappa shape index (κ2) is 4.93. The third-order valence-corrected chi connectivity index (χ3v) is 3.05. The van der Waals surface area contributed by atoms with Crippen molar-refractivity contribution in [3.8, 4) is 0 Å². The van der Waals surface area contributed by atoms with Crippen molar-refractivity contribution in [1.29, 1.82) is 0 Å². The van der Waals surface area contributed by atoms with E-state index in [2.05, 4.69) is 29.4 Å². The molecule has 2 heterocycles. The van der Waals surface area contributed by atoms with Gasteiger partial charge in [0.25, 0.3) is 0 Å².